The molecular weight excluding hydrogens is 450 g/mol. The van der Waals surface area contributed by atoms with Crippen LogP contribution in [0.4, 0.5) is 5.69 Å². The van der Waals surface area contributed by atoms with Crippen LogP contribution in [-0.2, 0) is 4.79 Å². The van der Waals surface area contributed by atoms with E-state index in [0.29, 0.717) is 22.9 Å². The van der Waals surface area contributed by atoms with Crippen LogP contribution in [0.15, 0.2) is 72.8 Å². The van der Waals surface area contributed by atoms with Crippen LogP contribution in [0.1, 0.15) is 26.3 Å². The van der Waals surface area contributed by atoms with Crippen molar-refractivity contribution >= 4 is 29.5 Å². The van der Waals surface area contributed by atoms with Gasteiger partial charge in [0.05, 0.1) is 21.3 Å². The zero-order valence-corrected chi connectivity index (χ0v) is 19.5. The number of carbonyl (C=O) groups is 3. The van der Waals surface area contributed by atoms with Crippen LogP contribution in [0.5, 0.6) is 17.2 Å². The van der Waals surface area contributed by atoms with Gasteiger partial charge in [-0.1, -0.05) is 30.3 Å². The molecule has 0 unspecified atom stereocenters. The van der Waals surface area contributed by atoms with Crippen LogP contribution in [0.2, 0.25) is 0 Å². The average Bonchev–Trinajstić information content (AvgIpc) is 2.90. The van der Waals surface area contributed by atoms with Crippen molar-refractivity contribution in [3.63, 3.8) is 0 Å². The van der Waals surface area contributed by atoms with Gasteiger partial charge in [0.2, 0.25) is 11.7 Å². The molecule has 0 heterocycles. The number of methoxy groups -OCH3 is 3. The Balaban J connectivity index is 1.57. The smallest absolute Gasteiger partial charge is 0.269 e. The minimum absolute atomic E-state index is 0.196. The first-order chi connectivity index (χ1) is 16.9. The molecule has 3 aromatic rings. The van der Waals surface area contributed by atoms with E-state index in [1.807, 2.05) is 30.3 Å². The highest BCUT2D eigenvalue weighted by molar-refractivity contribution is 6.03. The predicted molar refractivity (Wildman–Crippen MR) is 132 cm³/mol. The van der Waals surface area contributed by atoms with Gasteiger partial charge in [0.15, 0.2) is 11.5 Å². The van der Waals surface area contributed by atoms with E-state index in [-0.39, 0.29) is 17.0 Å². The second-order valence-corrected chi connectivity index (χ2v) is 7.13. The molecule has 9 heteroatoms. The third kappa shape index (κ3) is 6.61. The molecule has 0 aliphatic carbocycles. The van der Waals surface area contributed by atoms with Gasteiger partial charge in [-0.15, -0.1) is 0 Å². The summed E-state index contributed by atoms with van der Waals surface area (Å²) in [5.74, 6) is -0.458. The number of anilines is 1. The Hall–Kier alpha value is -4.79. The Bertz CT molecular complexity index is 1200. The van der Waals surface area contributed by atoms with Crippen LogP contribution in [0.25, 0.3) is 6.08 Å². The maximum absolute atomic E-state index is 12.5. The van der Waals surface area contributed by atoms with Crippen LogP contribution in [0.3, 0.4) is 0 Å². The van der Waals surface area contributed by atoms with E-state index in [0.717, 1.165) is 5.56 Å². The van der Waals surface area contributed by atoms with Gasteiger partial charge in [-0.2, -0.15) is 0 Å². The van der Waals surface area contributed by atoms with E-state index < -0.39 is 11.8 Å². The van der Waals surface area contributed by atoms with Crippen molar-refractivity contribution < 1.29 is 28.6 Å². The summed E-state index contributed by atoms with van der Waals surface area (Å²) in [4.78, 5) is 37.0. The topological polar surface area (TPSA) is 115 Å². The summed E-state index contributed by atoms with van der Waals surface area (Å²) in [5, 5.41) is 2.72. The van der Waals surface area contributed by atoms with Crippen molar-refractivity contribution in [2.75, 3.05) is 26.6 Å². The molecule has 0 bridgehead atoms. The van der Waals surface area contributed by atoms with Gasteiger partial charge in [0, 0.05) is 22.9 Å². The summed E-state index contributed by atoms with van der Waals surface area (Å²) >= 11 is 0. The Morgan fingerprint density at radius 3 is 1.83 bits per heavy atom. The van der Waals surface area contributed by atoms with Crippen LogP contribution >= 0.6 is 0 Å². The number of hydrazine groups is 1. The first-order valence-electron chi connectivity index (χ1n) is 10.5. The van der Waals surface area contributed by atoms with Gasteiger partial charge in [-0.3, -0.25) is 25.2 Å². The lowest BCUT2D eigenvalue weighted by Crippen LogP contribution is -2.41. The monoisotopic (exact) mass is 475 g/mol. The number of carbonyl (C=O) groups excluding carboxylic acids is 3. The third-order valence-corrected chi connectivity index (χ3v) is 4.86. The minimum atomic E-state index is -0.577. The molecule has 0 spiro atoms. The summed E-state index contributed by atoms with van der Waals surface area (Å²) < 4.78 is 15.7. The van der Waals surface area contributed by atoms with Crippen molar-refractivity contribution in [3.05, 3.63) is 89.5 Å². The highest BCUT2D eigenvalue weighted by atomic mass is 16.5. The Kier molecular flexibility index (Phi) is 8.44. The molecule has 0 saturated heterocycles. The summed E-state index contributed by atoms with van der Waals surface area (Å²) in [6, 6.07) is 18.6. The summed E-state index contributed by atoms with van der Waals surface area (Å²) in [6.07, 6.45) is 3.13. The molecule has 3 aromatic carbocycles. The van der Waals surface area contributed by atoms with Gasteiger partial charge >= 0.3 is 0 Å². The van der Waals surface area contributed by atoms with Crippen molar-refractivity contribution in [2.45, 2.75) is 0 Å². The zero-order chi connectivity index (χ0) is 25.2. The van der Waals surface area contributed by atoms with Crippen LogP contribution in [0, 0.1) is 0 Å². The zero-order valence-electron chi connectivity index (χ0n) is 19.5. The largest absolute Gasteiger partial charge is 0.493 e. The number of nitrogens with one attached hydrogen (secondary N) is 3. The van der Waals surface area contributed by atoms with Crippen molar-refractivity contribution in [1.82, 2.24) is 10.9 Å². The molecule has 9 nitrogen and oxygen atoms in total. The maximum atomic E-state index is 12.5. The van der Waals surface area contributed by atoms with E-state index in [2.05, 4.69) is 16.2 Å². The van der Waals surface area contributed by atoms with Crippen molar-refractivity contribution in [1.29, 1.82) is 0 Å². The summed E-state index contributed by atoms with van der Waals surface area (Å²) in [6.45, 7) is 0. The minimum Gasteiger partial charge on any atom is -0.493 e. The number of ether oxygens (including phenoxy) is 3. The van der Waals surface area contributed by atoms with Gasteiger partial charge in [-0.05, 0) is 48.0 Å². The molecule has 3 N–H and O–H groups in total. The highest BCUT2D eigenvalue weighted by Gasteiger charge is 2.17. The molecule has 0 saturated carbocycles. The first-order valence-corrected chi connectivity index (χ1v) is 10.5. The lowest BCUT2D eigenvalue weighted by Gasteiger charge is -2.14. The van der Waals surface area contributed by atoms with Gasteiger partial charge < -0.3 is 19.5 Å². The molecule has 0 fully saturated rings. The van der Waals surface area contributed by atoms with Crippen LogP contribution < -0.4 is 30.4 Å². The number of rotatable bonds is 8. The molecule has 35 heavy (non-hydrogen) atoms. The lowest BCUT2D eigenvalue weighted by atomic mass is 10.1. The normalized spacial score (nSPS) is 10.4. The van der Waals surface area contributed by atoms with E-state index in [1.54, 1.807) is 18.2 Å². The van der Waals surface area contributed by atoms with E-state index in [4.69, 9.17) is 14.2 Å². The number of hydrogen-bond acceptors (Lipinski definition) is 6. The van der Waals surface area contributed by atoms with Gasteiger partial charge in [-0.25, -0.2) is 0 Å². The Morgan fingerprint density at radius 1 is 0.714 bits per heavy atom. The lowest BCUT2D eigenvalue weighted by molar-refractivity contribution is -0.111. The summed E-state index contributed by atoms with van der Waals surface area (Å²) in [5.41, 5.74) is 6.60. The van der Waals surface area contributed by atoms with Crippen molar-refractivity contribution in [2.24, 2.45) is 0 Å². The summed E-state index contributed by atoms with van der Waals surface area (Å²) in [7, 11) is 4.33. The SMILES string of the molecule is COc1cc(C(=O)NNC(=O)c2ccc(NC(=O)/C=C/c3ccccc3)cc2)cc(OC)c1OC. The molecule has 3 rings (SSSR count). The number of benzene rings is 3. The van der Waals surface area contributed by atoms with Crippen LogP contribution in [-0.4, -0.2) is 39.1 Å². The second kappa shape index (κ2) is 11.9. The molecule has 0 aliphatic heterocycles. The fourth-order valence-corrected chi connectivity index (χ4v) is 3.09. The predicted octanol–water partition coefficient (Wildman–Crippen LogP) is 3.44. The fourth-order valence-electron chi connectivity index (χ4n) is 3.09. The second-order valence-electron chi connectivity index (χ2n) is 7.13. The number of amides is 3. The first kappa shape index (κ1) is 24.8. The molecule has 0 aliphatic rings. The standard InChI is InChI=1S/C26H25N3O6/c1-33-21-15-19(16-22(34-2)24(21)35-3)26(32)29-28-25(31)18-10-12-20(13-11-18)27-23(30)14-9-17-7-5-4-6-8-17/h4-16H,1-3H3,(H,27,30)(H,28,31)(H,29,32)/b14-9+. The van der Waals surface area contributed by atoms with Gasteiger partial charge in [0.25, 0.3) is 11.8 Å². The van der Waals surface area contributed by atoms with Gasteiger partial charge in [0.1, 0.15) is 0 Å². The molecule has 0 radical (unpaired) electrons. The highest BCUT2D eigenvalue weighted by Crippen LogP contribution is 2.38. The molecule has 3 amide bonds. The average molecular weight is 476 g/mol. The van der Waals surface area contributed by atoms with Crippen molar-refractivity contribution in [3.8, 4) is 17.2 Å². The molecule has 0 aromatic heterocycles. The molecule has 0 atom stereocenters. The molecular formula is C26H25N3O6. The fraction of sp³-hybridized carbons (Fsp3) is 0.115. The van der Waals surface area contributed by atoms with E-state index in [9.17, 15) is 14.4 Å². The Labute approximate surface area is 202 Å². The quantitative estimate of drug-likeness (QED) is 0.340. The number of hydrogen-bond donors (Lipinski definition) is 3. The third-order valence-electron chi connectivity index (χ3n) is 4.86. The van der Waals surface area contributed by atoms with E-state index in [1.165, 1.54) is 51.7 Å². The Morgan fingerprint density at radius 2 is 1.29 bits per heavy atom. The van der Waals surface area contributed by atoms with E-state index >= 15 is 0 Å². The molecule has 180 valence electrons. The maximum Gasteiger partial charge on any atom is 0.269 e.